The van der Waals surface area contributed by atoms with E-state index < -0.39 is 0 Å². The van der Waals surface area contributed by atoms with E-state index >= 15 is 0 Å². The monoisotopic (exact) mass is 310 g/mol. The molecule has 0 N–H and O–H groups in total. The number of hydrogen-bond donors (Lipinski definition) is 0. The van der Waals surface area contributed by atoms with Gasteiger partial charge in [0.25, 0.3) is 5.56 Å². The van der Waals surface area contributed by atoms with Gasteiger partial charge in [0.2, 0.25) is 0 Å². The van der Waals surface area contributed by atoms with Crippen LogP contribution in [0.25, 0.3) is 5.65 Å². The van der Waals surface area contributed by atoms with Crippen LogP contribution in [0.15, 0.2) is 64.4 Å². The van der Waals surface area contributed by atoms with Gasteiger partial charge in [0.15, 0.2) is 0 Å². The highest BCUT2D eigenvalue weighted by atomic mass is 32.2. The largest absolute Gasteiger partial charge is 0.269 e. The van der Waals surface area contributed by atoms with Gasteiger partial charge in [-0.25, -0.2) is 4.98 Å². The Balaban J connectivity index is 1.77. The molecule has 4 heteroatoms. The van der Waals surface area contributed by atoms with Crippen LogP contribution in [-0.4, -0.2) is 9.38 Å². The van der Waals surface area contributed by atoms with Crippen molar-refractivity contribution in [3.63, 3.8) is 0 Å². The predicted octanol–water partition coefficient (Wildman–Crippen LogP) is 4.11. The van der Waals surface area contributed by atoms with E-state index in [9.17, 15) is 4.79 Å². The van der Waals surface area contributed by atoms with E-state index in [-0.39, 0.29) is 5.56 Å². The van der Waals surface area contributed by atoms with Crippen LogP contribution < -0.4 is 5.56 Å². The normalized spacial score (nSPS) is 11.2. The molecule has 22 heavy (non-hydrogen) atoms. The Bertz CT molecular complexity index is 838. The minimum Gasteiger partial charge on any atom is -0.269 e. The van der Waals surface area contributed by atoms with E-state index in [4.69, 9.17) is 0 Å². The number of nitrogens with zero attached hydrogens (tertiary/aromatic N) is 2. The highest BCUT2D eigenvalue weighted by Gasteiger charge is 2.04. The summed E-state index contributed by atoms with van der Waals surface area (Å²) < 4.78 is 1.56. The van der Waals surface area contributed by atoms with E-state index in [0.29, 0.717) is 17.3 Å². The summed E-state index contributed by atoms with van der Waals surface area (Å²) in [5, 5.41) is 0. The lowest BCUT2D eigenvalue weighted by atomic mass is 10.0. The molecule has 0 aliphatic heterocycles. The zero-order valence-corrected chi connectivity index (χ0v) is 13.5. The highest BCUT2D eigenvalue weighted by molar-refractivity contribution is 7.98. The van der Waals surface area contributed by atoms with E-state index in [2.05, 4.69) is 43.1 Å². The molecule has 0 bridgehead atoms. The van der Waals surface area contributed by atoms with Gasteiger partial charge in [0, 0.05) is 22.9 Å². The number of thioether (sulfide) groups is 1. The van der Waals surface area contributed by atoms with Crippen molar-refractivity contribution in [1.29, 1.82) is 0 Å². The zero-order valence-electron chi connectivity index (χ0n) is 12.7. The molecule has 0 atom stereocenters. The van der Waals surface area contributed by atoms with Crippen molar-refractivity contribution in [2.75, 3.05) is 0 Å². The molecule has 2 aromatic heterocycles. The summed E-state index contributed by atoms with van der Waals surface area (Å²) in [5.41, 5.74) is 2.82. The fourth-order valence-corrected chi connectivity index (χ4v) is 3.07. The number of hydrogen-bond acceptors (Lipinski definition) is 3. The molecule has 0 aliphatic rings. The molecule has 112 valence electrons. The lowest BCUT2D eigenvalue weighted by Gasteiger charge is -2.07. The van der Waals surface area contributed by atoms with E-state index in [0.717, 1.165) is 5.69 Å². The second-order valence-corrected chi connectivity index (χ2v) is 6.58. The Labute approximate surface area is 134 Å². The topological polar surface area (TPSA) is 34.4 Å². The Morgan fingerprint density at radius 2 is 1.91 bits per heavy atom. The van der Waals surface area contributed by atoms with Gasteiger partial charge in [-0.2, -0.15) is 0 Å². The standard InChI is InChI=1S/C18H18N2OS/c1-13(2)14-6-8-16(9-7-14)22-12-15-11-18(21)20-10-4-3-5-17(20)19-15/h3-11,13H,12H2,1-2H3. The Morgan fingerprint density at radius 3 is 2.64 bits per heavy atom. The summed E-state index contributed by atoms with van der Waals surface area (Å²) in [6, 6.07) is 15.8. The molecular weight excluding hydrogens is 292 g/mol. The summed E-state index contributed by atoms with van der Waals surface area (Å²) in [6.07, 6.45) is 1.74. The highest BCUT2D eigenvalue weighted by Crippen LogP contribution is 2.24. The summed E-state index contributed by atoms with van der Waals surface area (Å²) in [4.78, 5) is 17.8. The first-order valence-corrected chi connectivity index (χ1v) is 8.32. The van der Waals surface area contributed by atoms with Crippen molar-refractivity contribution in [2.45, 2.75) is 30.4 Å². The number of fused-ring (bicyclic) bond motifs is 1. The van der Waals surface area contributed by atoms with Crippen LogP contribution in [0.1, 0.15) is 31.0 Å². The van der Waals surface area contributed by atoms with Gasteiger partial charge in [-0.05, 0) is 35.7 Å². The van der Waals surface area contributed by atoms with Crippen molar-refractivity contribution in [3.05, 3.63) is 76.3 Å². The molecule has 2 heterocycles. The van der Waals surface area contributed by atoms with Gasteiger partial charge in [-0.15, -0.1) is 11.8 Å². The maximum absolute atomic E-state index is 12.0. The second-order valence-electron chi connectivity index (χ2n) is 5.53. The van der Waals surface area contributed by atoms with Crippen molar-refractivity contribution >= 4 is 17.4 Å². The third-order valence-corrected chi connectivity index (χ3v) is 4.60. The number of aromatic nitrogens is 2. The van der Waals surface area contributed by atoms with Crippen LogP contribution in [-0.2, 0) is 5.75 Å². The zero-order chi connectivity index (χ0) is 15.5. The molecule has 3 rings (SSSR count). The SMILES string of the molecule is CC(C)c1ccc(SCc2cc(=O)n3ccccc3n2)cc1. The second kappa shape index (κ2) is 6.36. The van der Waals surface area contributed by atoms with Crippen LogP contribution in [0.2, 0.25) is 0 Å². The van der Waals surface area contributed by atoms with Crippen molar-refractivity contribution < 1.29 is 0 Å². The quantitative estimate of drug-likeness (QED) is 0.680. The molecule has 0 saturated heterocycles. The summed E-state index contributed by atoms with van der Waals surface area (Å²) >= 11 is 1.70. The molecule has 0 aliphatic carbocycles. The van der Waals surface area contributed by atoms with Crippen molar-refractivity contribution in [3.8, 4) is 0 Å². The fourth-order valence-electron chi connectivity index (χ4n) is 2.28. The van der Waals surface area contributed by atoms with E-state index in [1.54, 1.807) is 28.4 Å². The van der Waals surface area contributed by atoms with Crippen LogP contribution in [0.5, 0.6) is 0 Å². The van der Waals surface area contributed by atoms with E-state index in [1.165, 1.54) is 10.5 Å². The number of pyridine rings is 1. The lowest BCUT2D eigenvalue weighted by molar-refractivity contribution is 0.865. The Morgan fingerprint density at radius 1 is 1.14 bits per heavy atom. The van der Waals surface area contributed by atoms with Gasteiger partial charge >= 0.3 is 0 Å². The molecule has 0 amide bonds. The average Bonchev–Trinajstić information content (AvgIpc) is 2.53. The van der Waals surface area contributed by atoms with Gasteiger partial charge in [-0.1, -0.05) is 32.0 Å². The van der Waals surface area contributed by atoms with Crippen LogP contribution in [0.4, 0.5) is 0 Å². The predicted molar refractivity (Wildman–Crippen MR) is 91.6 cm³/mol. The molecule has 0 saturated carbocycles. The van der Waals surface area contributed by atoms with Crippen LogP contribution >= 0.6 is 11.8 Å². The third kappa shape index (κ3) is 3.22. The van der Waals surface area contributed by atoms with Crippen LogP contribution in [0, 0.1) is 0 Å². The molecule has 0 fully saturated rings. The van der Waals surface area contributed by atoms with E-state index in [1.807, 2.05) is 18.2 Å². The van der Waals surface area contributed by atoms with Gasteiger partial charge in [-0.3, -0.25) is 9.20 Å². The molecule has 3 aromatic rings. The lowest BCUT2D eigenvalue weighted by Crippen LogP contribution is -2.14. The third-order valence-electron chi connectivity index (χ3n) is 3.56. The number of benzene rings is 1. The molecule has 0 unspecified atom stereocenters. The fraction of sp³-hybridized carbons (Fsp3) is 0.222. The molecule has 0 radical (unpaired) electrons. The molecule has 1 aromatic carbocycles. The van der Waals surface area contributed by atoms with Crippen molar-refractivity contribution in [2.24, 2.45) is 0 Å². The molecule has 0 spiro atoms. The van der Waals surface area contributed by atoms with Crippen molar-refractivity contribution in [1.82, 2.24) is 9.38 Å². The summed E-state index contributed by atoms with van der Waals surface area (Å²) in [5.74, 6) is 1.24. The van der Waals surface area contributed by atoms with Crippen LogP contribution in [0.3, 0.4) is 0 Å². The smallest absolute Gasteiger partial charge is 0.258 e. The average molecular weight is 310 g/mol. The van der Waals surface area contributed by atoms with Gasteiger partial charge < -0.3 is 0 Å². The summed E-state index contributed by atoms with van der Waals surface area (Å²) in [7, 11) is 0. The minimum atomic E-state index is -0.0312. The van der Waals surface area contributed by atoms with Gasteiger partial charge in [0.05, 0.1) is 5.69 Å². The first-order valence-electron chi connectivity index (χ1n) is 7.33. The molecular formula is C18H18N2OS. The van der Waals surface area contributed by atoms with Gasteiger partial charge in [0.1, 0.15) is 5.65 Å². The maximum atomic E-state index is 12.0. The number of rotatable bonds is 4. The Kier molecular flexibility index (Phi) is 4.29. The first kappa shape index (κ1) is 14.9. The summed E-state index contributed by atoms with van der Waals surface area (Å²) in [6.45, 7) is 4.38. The Hall–Kier alpha value is -2.07. The molecule has 3 nitrogen and oxygen atoms in total. The first-order chi connectivity index (χ1) is 10.6. The minimum absolute atomic E-state index is 0.0312. The maximum Gasteiger partial charge on any atom is 0.258 e.